The molecule has 0 bridgehead atoms. The van der Waals surface area contributed by atoms with E-state index in [1.165, 1.54) is 11.8 Å². The number of carbonyl (C=O) groups is 1. The summed E-state index contributed by atoms with van der Waals surface area (Å²) in [4.78, 5) is 12.4. The lowest BCUT2D eigenvalue weighted by Crippen LogP contribution is -2.21. The number of carbonyl (C=O) groups excluding carboxylic acids is 1. The molecule has 25 heavy (non-hydrogen) atoms. The van der Waals surface area contributed by atoms with Crippen LogP contribution in [0.4, 0.5) is 16.3 Å². The van der Waals surface area contributed by atoms with Gasteiger partial charge in [-0.15, -0.1) is 11.8 Å². The van der Waals surface area contributed by atoms with Crippen molar-refractivity contribution < 1.29 is 4.79 Å². The minimum Gasteiger partial charge on any atom is -0.308 e. The molecule has 2 N–H and O–H groups in total. The molecule has 0 radical (unpaired) electrons. The summed E-state index contributed by atoms with van der Waals surface area (Å²) in [6, 6.07) is 20.1. The fourth-order valence-corrected chi connectivity index (χ4v) is 2.81. The molecule has 3 aromatic rings. The number of aromatic nitrogens is 2. The zero-order valence-electron chi connectivity index (χ0n) is 13.4. The van der Waals surface area contributed by atoms with Crippen molar-refractivity contribution in [2.75, 3.05) is 16.9 Å². The Bertz CT molecular complexity index is 916. The summed E-state index contributed by atoms with van der Waals surface area (Å²) >= 11 is 1.35. The minimum absolute atomic E-state index is 0.333. The number of nitrogens with zero attached hydrogens (tertiary/aromatic N) is 3. The van der Waals surface area contributed by atoms with Crippen molar-refractivity contribution in [3.05, 3.63) is 66.2 Å². The summed E-state index contributed by atoms with van der Waals surface area (Å²) < 4.78 is 1.56. The molecule has 0 saturated heterocycles. The molecule has 7 heteroatoms. The van der Waals surface area contributed by atoms with E-state index in [4.69, 9.17) is 0 Å². The maximum atomic E-state index is 12.4. The molecule has 1 aromatic heterocycles. The van der Waals surface area contributed by atoms with Crippen molar-refractivity contribution in [2.45, 2.75) is 5.03 Å². The van der Waals surface area contributed by atoms with E-state index >= 15 is 0 Å². The van der Waals surface area contributed by atoms with E-state index in [0.29, 0.717) is 22.1 Å². The fourth-order valence-electron chi connectivity index (χ4n) is 2.30. The molecule has 1 heterocycles. The van der Waals surface area contributed by atoms with Crippen molar-refractivity contribution in [1.82, 2.24) is 9.78 Å². The van der Waals surface area contributed by atoms with E-state index in [-0.39, 0.29) is 0 Å². The van der Waals surface area contributed by atoms with Crippen molar-refractivity contribution in [2.24, 2.45) is 0 Å². The highest BCUT2D eigenvalue weighted by Gasteiger charge is 2.20. The quantitative estimate of drug-likeness (QED) is 0.694. The molecule has 0 atom stereocenters. The van der Waals surface area contributed by atoms with Crippen LogP contribution in [-0.2, 0) is 0 Å². The Morgan fingerprint density at radius 3 is 2.32 bits per heavy atom. The van der Waals surface area contributed by atoms with E-state index in [1.54, 1.807) is 16.8 Å². The second kappa shape index (κ2) is 7.55. The maximum absolute atomic E-state index is 12.4. The molecule has 2 amide bonds. The molecular formula is C18H15N5OS. The number of nitrogens with one attached hydrogen (secondary N) is 2. The Morgan fingerprint density at radius 1 is 1.08 bits per heavy atom. The highest BCUT2D eigenvalue weighted by molar-refractivity contribution is 7.98. The number of amides is 2. The van der Waals surface area contributed by atoms with Crippen molar-refractivity contribution in [3.8, 4) is 11.8 Å². The third-order valence-electron chi connectivity index (χ3n) is 3.42. The smallest absolute Gasteiger partial charge is 0.308 e. The molecule has 2 aromatic carbocycles. The molecular weight excluding hydrogens is 334 g/mol. The van der Waals surface area contributed by atoms with E-state index < -0.39 is 6.03 Å². The van der Waals surface area contributed by atoms with Gasteiger partial charge in [0.25, 0.3) is 0 Å². The Hall–Kier alpha value is -3.24. The topological polar surface area (TPSA) is 82.7 Å². The van der Waals surface area contributed by atoms with Gasteiger partial charge in [-0.05, 0) is 30.5 Å². The molecule has 0 aliphatic heterocycles. The number of urea groups is 1. The number of hydrogen-bond donors (Lipinski definition) is 2. The maximum Gasteiger partial charge on any atom is 0.324 e. The summed E-state index contributed by atoms with van der Waals surface area (Å²) in [7, 11) is 0. The third-order valence-corrected chi connectivity index (χ3v) is 4.10. The number of para-hydroxylation sites is 2. The highest BCUT2D eigenvalue weighted by atomic mass is 32.2. The first-order chi connectivity index (χ1) is 12.2. The van der Waals surface area contributed by atoms with Gasteiger partial charge in [0, 0.05) is 5.69 Å². The second-order valence-corrected chi connectivity index (χ2v) is 5.83. The normalized spacial score (nSPS) is 10.1. The predicted octanol–water partition coefficient (Wildman–Crippen LogP) is 4.11. The zero-order chi connectivity index (χ0) is 17.6. The first-order valence-electron chi connectivity index (χ1n) is 7.48. The Labute approximate surface area is 149 Å². The lowest BCUT2D eigenvalue weighted by Gasteiger charge is -2.10. The fraction of sp³-hybridized carbons (Fsp3) is 0.0556. The van der Waals surface area contributed by atoms with E-state index in [2.05, 4.69) is 21.8 Å². The van der Waals surface area contributed by atoms with Crippen LogP contribution in [0.3, 0.4) is 0 Å². The SMILES string of the molecule is CSc1nn(-c2ccccc2)c(NC(=O)Nc2ccccc2)c1C#N. The number of nitriles is 1. The van der Waals surface area contributed by atoms with E-state index in [0.717, 1.165) is 5.69 Å². The van der Waals surface area contributed by atoms with Gasteiger partial charge in [-0.1, -0.05) is 36.4 Å². The van der Waals surface area contributed by atoms with Gasteiger partial charge in [0.2, 0.25) is 0 Å². The van der Waals surface area contributed by atoms with Gasteiger partial charge in [0.15, 0.2) is 5.82 Å². The molecule has 124 valence electrons. The first-order valence-corrected chi connectivity index (χ1v) is 8.71. The average molecular weight is 349 g/mol. The number of hydrogen-bond acceptors (Lipinski definition) is 4. The van der Waals surface area contributed by atoms with Crippen molar-refractivity contribution in [3.63, 3.8) is 0 Å². The lowest BCUT2D eigenvalue weighted by molar-refractivity contribution is 0.262. The van der Waals surface area contributed by atoms with Crippen LogP contribution in [-0.4, -0.2) is 22.1 Å². The van der Waals surface area contributed by atoms with Crippen LogP contribution in [0, 0.1) is 11.3 Å². The Kier molecular flexibility index (Phi) is 5.02. The Morgan fingerprint density at radius 2 is 1.72 bits per heavy atom. The summed E-state index contributed by atoms with van der Waals surface area (Å²) in [6.45, 7) is 0. The predicted molar refractivity (Wildman–Crippen MR) is 99.1 cm³/mol. The van der Waals surface area contributed by atoms with E-state index in [1.807, 2.05) is 54.8 Å². The molecule has 0 saturated carbocycles. The van der Waals surface area contributed by atoms with Crippen molar-refractivity contribution in [1.29, 1.82) is 5.26 Å². The van der Waals surface area contributed by atoms with Gasteiger partial charge in [0.05, 0.1) is 5.69 Å². The van der Waals surface area contributed by atoms with Gasteiger partial charge in [-0.3, -0.25) is 5.32 Å². The van der Waals surface area contributed by atoms with Crippen molar-refractivity contribution >= 4 is 29.3 Å². The highest BCUT2D eigenvalue weighted by Crippen LogP contribution is 2.28. The van der Waals surface area contributed by atoms with Crippen LogP contribution < -0.4 is 10.6 Å². The molecule has 0 fully saturated rings. The van der Waals surface area contributed by atoms with Gasteiger partial charge in [-0.2, -0.15) is 10.4 Å². The number of anilines is 2. The van der Waals surface area contributed by atoms with Gasteiger partial charge >= 0.3 is 6.03 Å². The van der Waals surface area contributed by atoms with Crippen LogP contribution in [0.2, 0.25) is 0 Å². The van der Waals surface area contributed by atoms with Gasteiger partial charge in [-0.25, -0.2) is 9.48 Å². The van der Waals surface area contributed by atoms with Crippen LogP contribution in [0.25, 0.3) is 5.69 Å². The number of benzene rings is 2. The summed E-state index contributed by atoms with van der Waals surface area (Å²) in [6.07, 6.45) is 1.84. The molecule has 0 unspecified atom stereocenters. The summed E-state index contributed by atoms with van der Waals surface area (Å²) in [5.41, 5.74) is 1.75. The van der Waals surface area contributed by atoms with Crippen LogP contribution in [0.5, 0.6) is 0 Å². The van der Waals surface area contributed by atoms with Gasteiger partial charge in [0.1, 0.15) is 16.7 Å². The average Bonchev–Trinajstić information content (AvgIpc) is 3.00. The monoisotopic (exact) mass is 349 g/mol. The minimum atomic E-state index is -0.438. The molecule has 3 rings (SSSR count). The molecule has 6 nitrogen and oxygen atoms in total. The van der Waals surface area contributed by atoms with E-state index in [9.17, 15) is 10.1 Å². The second-order valence-electron chi connectivity index (χ2n) is 5.04. The largest absolute Gasteiger partial charge is 0.324 e. The summed E-state index contributed by atoms with van der Waals surface area (Å²) in [5.74, 6) is 0.339. The number of rotatable bonds is 4. The molecule has 0 aliphatic rings. The first kappa shape index (κ1) is 16.6. The number of thioether (sulfide) groups is 1. The summed E-state index contributed by atoms with van der Waals surface area (Å²) in [5, 5.41) is 20.0. The van der Waals surface area contributed by atoms with Gasteiger partial charge < -0.3 is 5.32 Å². The van der Waals surface area contributed by atoms with Crippen LogP contribution >= 0.6 is 11.8 Å². The van der Waals surface area contributed by atoms with Crippen LogP contribution in [0.1, 0.15) is 5.56 Å². The standard InChI is InChI=1S/C18H15N5OS/c1-25-17-15(12-19)16(23(22-17)14-10-6-3-7-11-14)21-18(24)20-13-8-4-2-5-9-13/h2-11H,1H3,(H2,20,21,24). The van der Waals surface area contributed by atoms with Crippen LogP contribution in [0.15, 0.2) is 65.7 Å². The molecule has 0 aliphatic carbocycles. The lowest BCUT2D eigenvalue weighted by atomic mass is 10.3. The third kappa shape index (κ3) is 3.65. The zero-order valence-corrected chi connectivity index (χ0v) is 14.2. The Balaban J connectivity index is 1.95. The molecule has 0 spiro atoms.